The number of nitriles is 1. The average Bonchev–Trinajstić information content (AvgIpc) is 2.63. The number of rotatable bonds is 7. The maximum atomic E-state index is 11.9. The molecule has 1 heterocycles. The molecule has 0 spiro atoms. The first-order valence-corrected chi connectivity index (χ1v) is 8.42. The van der Waals surface area contributed by atoms with Crippen LogP contribution in [0.25, 0.3) is 0 Å². The Morgan fingerprint density at radius 1 is 1.38 bits per heavy atom. The van der Waals surface area contributed by atoms with Crippen LogP contribution in [0.4, 0.5) is 11.4 Å². The first-order valence-electron chi connectivity index (χ1n) is 7.89. The number of benzene rings is 1. The van der Waals surface area contributed by atoms with Gasteiger partial charge in [-0.05, 0) is 18.6 Å². The minimum absolute atomic E-state index is 0.0290. The lowest BCUT2D eigenvalue weighted by molar-refractivity contribution is -0.117. The fraction of sp³-hybridized carbons (Fsp3) is 0.412. The molecule has 1 aromatic carbocycles. The van der Waals surface area contributed by atoms with Gasteiger partial charge in [-0.3, -0.25) is 4.79 Å². The summed E-state index contributed by atoms with van der Waals surface area (Å²) in [5.74, 6) is 0.0656. The SMILES string of the molecule is N#C/C(=C/Nc1ccccc1N1CCOCC1)C(=O)NCCCCl. The molecule has 1 saturated heterocycles. The summed E-state index contributed by atoms with van der Waals surface area (Å²) in [6.45, 7) is 3.46. The normalized spacial score (nSPS) is 14.8. The number of alkyl halides is 1. The van der Waals surface area contributed by atoms with Gasteiger partial charge in [-0.15, -0.1) is 11.6 Å². The maximum absolute atomic E-state index is 11.9. The molecule has 24 heavy (non-hydrogen) atoms. The van der Waals surface area contributed by atoms with Gasteiger partial charge in [0.15, 0.2) is 0 Å². The number of ether oxygens (including phenoxy) is 1. The third kappa shape index (κ3) is 5.15. The highest BCUT2D eigenvalue weighted by molar-refractivity contribution is 6.17. The summed E-state index contributed by atoms with van der Waals surface area (Å²) in [5, 5.41) is 14.9. The molecular weight excluding hydrogens is 328 g/mol. The zero-order valence-corrected chi connectivity index (χ0v) is 14.2. The Hall–Kier alpha value is -2.23. The second-order valence-corrected chi connectivity index (χ2v) is 5.61. The third-order valence-corrected chi connectivity index (χ3v) is 3.86. The van der Waals surface area contributed by atoms with Crippen molar-refractivity contribution in [1.29, 1.82) is 5.26 Å². The lowest BCUT2D eigenvalue weighted by atomic mass is 10.2. The summed E-state index contributed by atoms with van der Waals surface area (Å²) in [6, 6.07) is 9.72. The molecule has 1 aliphatic rings. The molecule has 0 aromatic heterocycles. The number of amides is 1. The molecule has 1 fully saturated rings. The van der Waals surface area contributed by atoms with E-state index < -0.39 is 5.91 Å². The minimum Gasteiger partial charge on any atom is -0.378 e. The van der Waals surface area contributed by atoms with Crippen molar-refractivity contribution in [3.63, 3.8) is 0 Å². The Morgan fingerprint density at radius 3 is 2.83 bits per heavy atom. The van der Waals surface area contributed by atoms with Gasteiger partial charge in [-0.2, -0.15) is 5.26 Å². The van der Waals surface area contributed by atoms with E-state index in [2.05, 4.69) is 15.5 Å². The van der Waals surface area contributed by atoms with Gasteiger partial charge in [0.25, 0.3) is 5.91 Å². The molecule has 0 unspecified atom stereocenters. The van der Waals surface area contributed by atoms with E-state index in [4.69, 9.17) is 16.3 Å². The van der Waals surface area contributed by atoms with Gasteiger partial charge in [-0.1, -0.05) is 12.1 Å². The van der Waals surface area contributed by atoms with Crippen LogP contribution in [0, 0.1) is 11.3 Å². The second-order valence-electron chi connectivity index (χ2n) is 5.23. The van der Waals surface area contributed by atoms with Gasteiger partial charge in [-0.25, -0.2) is 0 Å². The van der Waals surface area contributed by atoms with Crippen molar-refractivity contribution >= 4 is 28.9 Å². The molecule has 1 amide bonds. The Kier molecular flexibility index (Phi) is 7.40. The zero-order valence-electron chi connectivity index (χ0n) is 13.4. The monoisotopic (exact) mass is 348 g/mol. The summed E-state index contributed by atoms with van der Waals surface area (Å²) in [5.41, 5.74) is 1.90. The average molecular weight is 349 g/mol. The number of halogens is 1. The molecule has 2 rings (SSSR count). The van der Waals surface area contributed by atoms with Crippen LogP contribution in [0.2, 0.25) is 0 Å². The number of anilines is 2. The number of hydrogen-bond acceptors (Lipinski definition) is 5. The Morgan fingerprint density at radius 2 is 2.12 bits per heavy atom. The highest BCUT2D eigenvalue weighted by atomic mass is 35.5. The Bertz CT molecular complexity index is 621. The van der Waals surface area contributed by atoms with Crippen LogP contribution in [0.3, 0.4) is 0 Å². The van der Waals surface area contributed by atoms with Crippen LogP contribution >= 0.6 is 11.6 Å². The first kappa shape index (κ1) is 18.1. The van der Waals surface area contributed by atoms with E-state index in [1.54, 1.807) is 0 Å². The number of hydrogen-bond donors (Lipinski definition) is 2. The molecule has 1 aliphatic heterocycles. The highest BCUT2D eigenvalue weighted by Crippen LogP contribution is 2.26. The van der Waals surface area contributed by atoms with E-state index in [1.807, 2.05) is 30.3 Å². The Labute approximate surface area is 147 Å². The predicted octanol–water partition coefficient (Wildman–Crippen LogP) is 2.09. The van der Waals surface area contributed by atoms with Crippen LogP contribution in [0.1, 0.15) is 6.42 Å². The number of carbonyl (C=O) groups is 1. The van der Waals surface area contributed by atoms with Crippen molar-refractivity contribution in [1.82, 2.24) is 5.32 Å². The van der Waals surface area contributed by atoms with Crippen molar-refractivity contribution in [2.75, 3.05) is 48.9 Å². The second kappa shape index (κ2) is 9.81. The van der Waals surface area contributed by atoms with Crippen LogP contribution in [0.5, 0.6) is 0 Å². The number of para-hydroxylation sites is 2. The highest BCUT2D eigenvalue weighted by Gasteiger charge is 2.14. The molecule has 0 bridgehead atoms. The summed E-state index contributed by atoms with van der Waals surface area (Å²) >= 11 is 5.57. The van der Waals surface area contributed by atoms with Gasteiger partial charge in [0.2, 0.25) is 0 Å². The van der Waals surface area contributed by atoms with E-state index in [1.165, 1.54) is 6.20 Å². The van der Waals surface area contributed by atoms with Crippen LogP contribution < -0.4 is 15.5 Å². The van der Waals surface area contributed by atoms with Crippen LogP contribution in [-0.4, -0.2) is 44.6 Å². The van der Waals surface area contributed by atoms with E-state index in [-0.39, 0.29) is 5.57 Å². The van der Waals surface area contributed by atoms with E-state index in [9.17, 15) is 10.1 Å². The summed E-state index contributed by atoms with van der Waals surface area (Å²) in [4.78, 5) is 14.2. The third-order valence-electron chi connectivity index (χ3n) is 3.59. The molecule has 0 atom stereocenters. The van der Waals surface area contributed by atoms with Crippen molar-refractivity contribution in [2.45, 2.75) is 6.42 Å². The molecule has 1 aromatic rings. The Balaban J connectivity index is 2.06. The van der Waals surface area contributed by atoms with Gasteiger partial charge in [0.05, 0.1) is 24.6 Å². The van der Waals surface area contributed by atoms with E-state index >= 15 is 0 Å². The van der Waals surface area contributed by atoms with Crippen molar-refractivity contribution in [3.8, 4) is 6.07 Å². The number of nitrogens with zero attached hydrogens (tertiary/aromatic N) is 2. The summed E-state index contributed by atoms with van der Waals surface area (Å²) in [6.07, 6.45) is 2.11. The van der Waals surface area contributed by atoms with Crippen molar-refractivity contribution in [3.05, 3.63) is 36.0 Å². The summed E-state index contributed by atoms with van der Waals surface area (Å²) < 4.78 is 5.38. The standard InChI is InChI=1S/C17H21ClN4O2/c18-6-3-7-20-17(23)14(12-19)13-21-15-4-1-2-5-16(15)22-8-10-24-11-9-22/h1-2,4-5,13,21H,3,6-11H2,(H,20,23)/b14-13-. The van der Waals surface area contributed by atoms with Gasteiger partial charge >= 0.3 is 0 Å². The molecule has 0 saturated carbocycles. The molecule has 2 N–H and O–H groups in total. The van der Waals surface area contributed by atoms with Gasteiger partial charge < -0.3 is 20.3 Å². The number of carbonyl (C=O) groups excluding carboxylic acids is 1. The number of morpholine rings is 1. The smallest absolute Gasteiger partial charge is 0.263 e. The molecular formula is C17H21ClN4O2. The molecule has 0 aliphatic carbocycles. The minimum atomic E-state index is -0.404. The summed E-state index contributed by atoms with van der Waals surface area (Å²) in [7, 11) is 0. The fourth-order valence-electron chi connectivity index (χ4n) is 2.34. The maximum Gasteiger partial charge on any atom is 0.263 e. The predicted molar refractivity (Wildman–Crippen MR) is 95.1 cm³/mol. The van der Waals surface area contributed by atoms with E-state index in [0.717, 1.165) is 24.5 Å². The molecule has 0 radical (unpaired) electrons. The van der Waals surface area contributed by atoms with Crippen molar-refractivity contribution < 1.29 is 9.53 Å². The fourth-order valence-corrected chi connectivity index (χ4v) is 2.47. The first-order chi connectivity index (χ1) is 11.8. The molecule has 128 valence electrons. The van der Waals surface area contributed by atoms with Gasteiger partial charge in [0, 0.05) is 31.7 Å². The number of nitrogens with one attached hydrogen (secondary N) is 2. The van der Waals surface area contributed by atoms with Crippen LogP contribution in [-0.2, 0) is 9.53 Å². The largest absolute Gasteiger partial charge is 0.378 e. The van der Waals surface area contributed by atoms with Gasteiger partial charge in [0.1, 0.15) is 11.6 Å². The van der Waals surface area contributed by atoms with Crippen LogP contribution in [0.15, 0.2) is 36.0 Å². The molecule has 6 nitrogen and oxygen atoms in total. The lowest BCUT2D eigenvalue weighted by Gasteiger charge is -2.30. The lowest BCUT2D eigenvalue weighted by Crippen LogP contribution is -2.36. The molecule has 7 heteroatoms. The zero-order chi connectivity index (χ0) is 17.2. The van der Waals surface area contributed by atoms with Crippen molar-refractivity contribution in [2.24, 2.45) is 0 Å². The topological polar surface area (TPSA) is 77.4 Å². The quantitative estimate of drug-likeness (QED) is 0.341. The van der Waals surface area contributed by atoms with E-state index in [0.29, 0.717) is 32.1 Å².